The van der Waals surface area contributed by atoms with Crippen LogP contribution in [0.25, 0.3) is 0 Å². The Morgan fingerprint density at radius 3 is 1.50 bits per heavy atom. The molecule has 0 N–H and O–H groups in total. The number of fused-ring (bicyclic) bond motifs is 1. The molecule has 16 heavy (non-hydrogen) atoms. The Labute approximate surface area is 97.2 Å². The van der Waals surface area contributed by atoms with Crippen molar-refractivity contribution in [3.8, 4) is 0 Å². The zero-order valence-corrected chi connectivity index (χ0v) is 10.5. The molecule has 2 aliphatic heterocycles. The second-order valence-corrected chi connectivity index (χ2v) is 5.04. The van der Waals surface area contributed by atoms with Crippen LogP contribution in [0.15, 0.2) is 0 Å². The summed E-state index contributed by atoms with van der Waals surface area (Å²) in [5.74, 6) is 0. The molecule has 4 nitrogen and oxygen atoms in total. The Morgan fingerprint density at radius 2 is 1.19 bits per heavy atom. The molecule has 0 aliphatic carbocycles. The number of hydrogen-bond donors (Lipinski definition) is 0. The number of ether oxygens (including phenoxy) is 4. The minimum atomic E-state index is 0.0474. The molecular formula is C12H22O4. The first-order valence-corrected chi connectivity index (χ1v) is 6.12. The molecule has 0 spiro atoms. The van der Waals surface area contributed by atoms with Crippen LogP contribution in [0.3, 0.4) is 0 Å². The Hall–Kier alpha value is -0.160. The monoisotopic (exact) mass is 230 g/mol. The summed E-state index contributed by atoms with van der Waals surface area (Å²) >= 11 is 0. The third kappa shape index (κ3) is 2.56. The molecule has 2 rings (SSSR count). The van der Waals surface area contributed by atoms with Crippen molar-refractivity contribution in [2.75, 3.05) is 13.2 Å². The van der Waals surface area contributed by atoms with Gasteiger partial charge in [-0.05, 0) is 27.7 Å². The predicted octanol–water partition coefficient (Wildman–Crippen LogP) is 1.37. The van der Waals surface area contributed by atoms with Gasteiger partial charge in [0.2, 0.25) is 0 Å². The van der Waals surface area contributed by atoms with Crippen LogP contribution in [-0.4, -0.2) is 49.8 Å². The van der Waals surface area contributed by atoms with Gasteiger partial charge in [0.05, 0.1) is 25.4 Å². The van der Waals surface area contributed by atoms with Crippen molar-refractivity contribution in [3.05, 3.63) is 0 Å². The smallest absolute Gasteiger partial charge is 0.115 e. The molecule has 0 saturated carbocycles. The average molecular weight is 230 g/mol. The van der Waals surface area contributed by atoms with Crippen molar-refractivity contribution in [1.82, 2.24) is 0 Å². The molecule has 0 aromatic heterocycles. The van der Waals surface area contributed by atoms with Crippen LogP contribution in [0.4, 0.5) is 0 Å². The van der Waals surface area contributed by atoms with Crippen molar-refractivity contribution >= 4 is 0 Å². The SMILES string of the molecule is CC(C)O[C@H]1CO[C@@H]2[C@H]1OC[C@@H]2OC(C)C. The highest BCUT2D eigenvalue weighted by molar-refractivity contribution is 4.96. The summed E-state index contributed by atoms with van der Waals surface area (Å²) < 4.78 is 23.0. The molecule has 2 saturated heterocycles. The lowest BCUT2D eigenvalue weighted by Gasteiger charge is -2.19. The van der Waals surface area contributed by atoms with Crippen LogP contribution in [0.1, 0.15) is 27.7 Å². The topological polar surface area (TPSA) is 36.9 Å². The summed E-state index contributed by atoms with van der Waals surface area (Å²) in [5, 5.41) is 0. The zero-order valence-electron chi connectivity index (χ0n) is 10.5. The van der Waals surface area contributed by atoms with Crippen LogP contribution >= 0.6 is 0 Å². The molecule has 2 fully saturated rings. The van der Waals surface area contributed by atoms with Gasteiger partial charge in [-0.25, -0.2) is 0 Å². The molecule has 0 radical (unpaired) electrons. The molecule has 2 aliphatic rings. The quantitative estimate of drug-likeness (QED) is 0.731. The third-order valence-electron chi connectivity index (χ3n) is 2.86. The maximum absolute atomic E-state index is 5.77. The normalized spacial score (nSPS) is 38.6. The Kier molecular flexibility index (Phi) is 3.85. The maximum Gasteiger partial charge on any atom is 0.115 e. The Balaban J connectivity index is 1.90. The summed E-state index contributed by atoms with van der Waals surface area (Å²) in [6.45, 7) is 9.36. The van der Waals surface area contributed by atoms with Gasteiger partial charge >= 0.3 is 0 Å². The molecule has 0 unspecified atom stereocenters. The van der Waals surface area contributed by atoms with E-state index in [9.17, 15) is 0 Å². The lowest BCUT2D eigenvalue weighted by atomic mass is 10.1. The highest BCUT2D eigenvalue weighted by Crippen LogP contribution is 2.31. The minimum Gasteiger partial charge on any atom is -0.370 e. The van der Waals surface area contributed by atoms with Crippen molar-refractivity contribution < 1.29 is 18.9 Å². The van der Waals surface area contributed by atoms with Crippen LogP contribution in [0, 0.1) is 0 Å². The van der Waals surface area contributed by atoms with Crippen molar-refractivity contribution in [2.24, 2.45) is 0 Å². The van der Waals surface area contributed by atoms with E-state index >= 15 is 0 Å². The fourth-order valence-electron chi connectivity index (χ4n) is 2.36. The van der Waals surface area contributed by atoms with Gasteiger partial charge in [0.25, 0.3) is 0 Å². The average Bonchev–Trinajstić information content (AvgIpc) is 2.70. The first kappa shape index (κ1) is 12.3. The summed E-state index contributed by atoms with van der Waals surface area (Å²) in [5.41, 5.74) is 0. The van der Waals surface area contributed by atoms with Crippen molar-refractivity contribution in [2.45, 2.75) is 64.3 Å². The van der Waals surface area contributed by atoms with Gasteiger partial charge in [0.15, 0.2) is 0 Å². The summed E-state index contributed by atoms with van der Waals surface area (Å²) in [6.07, 6.45) is 0.635. The lowest BCUT2D eigenvalue weighted by molar-refractivity contribution is -0.0753. The van der Waals surface area contributed by atoms with E-state index in [-0.39, 0.29) is 36.6 Å². The summed E-state index contributed by atoms with van der Waals surface area (Å²) in [7, 11) is 0. The predicted molar refractivity (Wildman–Crippen MR) is 59.5 cm³/mol. The first-order chi connectivity index (χ1) is 7.58. The van der Waals surface area contributed by atoms with E-state index in [0.29, 0.717) is 13.2 Å². The van der Waals surface area contributed by atoms with E-state index in [1.54, 1.807) is 0 Å². The van der Waals surface area contributed by atoms with Gasteiger partial charge in [-0.2, -0.15) is 0 Å². The molecule has 94 valence electrons. The Morgan fingerprint density at radius 1 is 0.812 bits per heavy atom. The summed E-state index contributed by atoms with van der Waals surface area (Å²) in [6, 6.07) is 0. The zero-order chi connectivity index (χ0) is 11.7. The first-order valence-electron chi connectivity index (χ1n) is 6.12. The van der Waals surface area contributed by atoms with Crippen LogP contribution < -0.4 is 0 Å². The molecule has 0 aromatic rings. The molecule has 2 heterocycles. The van der Waals surface area contributed by atoms with Crippen molar-refractivity contribution in [3.63, 3.8) is 0 Å². The largest absolute Gasteiger partial charge is 0.370 e. The highest BCUT2D eigenvalue weighted by atomic mass is 16.6. The fraction of sp³-hybridized carbons (Fsp3) is 1.00. The second kappa shape index (κ2) is 5.00. The standard InChI is InChI=1S/C12H22O4/c1-7(2)15-9-5-13-12-10(16-8(3)4)6-14-11(9)12/h7-12H,5-6H2,1-4H3/t9-,10-,11-,12-/m0/s1. The Bertz CT molecular complexity index is 205. The molecule has 0 bridgehead atoms. The van der Waals surface area contributed by atoms with Gasteiger partial charge in [-0.3, -0.25) is 0 Å². The molecule has 4 atom stereocenters. The molecule has 0 amide bonds. The number of rotatable bonds is 4. The third-order valence-corrected chi connectivity index (χ3v) is 2.86. The molecule has 4 heteroatoms. The van der Waals surface area contributed by atoms with Gasteiger partial charge in [-0.1, -0.05) is 0 Å². The second-order valence-electron chi connectivity index (χ2n) is 5.04. The molecule has 0 aromatic carbocycles. The van der Waals surface area contributed by atoms with E-state index in [2.05, 4.69) is 0 Å². The van der Waals surface area contributed by atoms with Gasteiger partial charge in [0, 0.05) is 0 Å². The fourth-order valence-corrected chi connectivity index (χ4v) is 2.36. The van der Waals surface area contributed by atoms with Crippen LogP contribution in [0.2, 0.25) is 0 Å². The van der Waals surface area contributed by atoms with E-state index in [4.69, 9.17) is 18.9 Å². The van der Waals surface area contributed by atoms with Crippen LogP contribution in [-0.2, 0) is 18.9 Å². The van der Waals surface area contributed by atoms with Crippen LogP contribution in [0.5, 0.6) is 0 Å². The van der Waals surface area contributed by atoms with E-state index < -0.39 is 0 Å². The minimum absolute atomic E-state index is 0.0474. The highest BCUT2D eigenvalue weighted by Gasteiger charge is 2.49. The lowest BCUT2D eigenvalue weighted by Crippen LogP contribution is -2.35. The van der Waals surface area contributed by atoms with Crippen molar-refractivity contribution in [1.29, 1.82) is 0 Å². The van der Waals surface area contributed by atoms with E-state index in [1.807, 2.05) is 27.7 Å². The molecular weight excluding hydrogens is 208 g/mol. The van der Waals surface area contributed by atoms with Gasteiger partial charge < -0.3 is 18.9 Å². The maximum atomic E-state index is 5.77. The van der Waals surface area contributed by atoms with Gasteiger partial charge in [0.1, 0.15) is 24.4 Å². The number of hydrogen-bond acceptors (Lipinski definition) is 4. The van der Waals surface area contributed by atoms with E-state index in [0.717, 1.165) is 0 Å². The van der Waals surface area contributed by atoms with Gasteiger partial charge in [-0.15, -0.1) is 0 Å². The summed E-state index contributed by atoms with van der Waals surface area (Å²) in [4.78, 5) is 0. The van der Waals surface area contributed by atoms with E-state index in [1.165, 1.54) is 0 Å².